The molecule has 0 radical (unpaired) electrons. The van der Waals surface area contributed by atoms with Crippen LogP contribution in [0.1, 0.15) is 5.56 Å². The summed E-state index contributed by atoms with van der Waals surface area (Å²) in [6.45, 7) is 0. The monoisotopic (exact) mass is 269 g/mol. The van der Waals surface area contributed by atoms with Gasteiger partial charge in [0.2, 0.25) is 0 Å². The van der Waals surface area contributed by atoms with Crippen LogP contribution in [0, 0.1) is 4.91 Å². The summed E-state index contributed by atoms with van der Waals surface area (Å²) in [6, 6.07) is 13.9. The zero-order chi connectivity index (χ0) is 13.0. The fraction of sp³-hybridized carbons (Fsp3) is 0.133. The van der Waals surface area contributed by atoms with Crippen LogP contribution in [-0.2, 0) is 0 Å². The number of halogens is 1. The minimum atomic E-state index is -0.537. The molecule has 1 aliphatic carbocycles. The van der Waals surface area contributed by atoms with Crippen LogP contribution < -0.4 is 10.6 Å². The highest BCUT2D eigenvalue weighted by atomic mass is 35.5. The van der Waals surface area contributed by atoms with E-state index in [1.807, 2.05) is 42.5 Å². The lowest BCUT2D eigenvalue weighted by atomic mass is 10.1. The lowest BCUT2D eigenvalue weighted by molar-refractivity contribution is -0.493. The van der Waals surface area contributed by atoms with Gasteiger partial charge in [-0.2, -0.15) is 0 Å². The first-order valence-electron chi connectivity index (χ1n) is 6.14. The molecule has 92 valence electrons. The molecule has 3 nitrogen and oxygen atoms in total. The van der Waals surface area contributed by atoms with Crippen LogP contribution >= 0.6 is 11.6 Å². The third kappa shape index (κ3) is 1.31. The van der Waals surface area contributed by atoms with Gasteiger partial charge in [0.25, 0.3) is 5.70 Å². The Bertz CT molecular complexity index is 841. The maximum Gasteiger partial charge on any atom is 0.313 e. The van der Waals surface area contributed by atoms with E-state index in [-0.39, 0.29) is 5.88 Å². The van der Waals surface area contributed by atoms with Crippen LogP contribution in [0.25, 0.3) is 16.8 Å². The second-order valence-corrected chi connectivity index (χ2v) is 4.99. The van der Waals surface area contributed by atoms with Gasteiger partial charge >= 0.3 is 6.17 Å². The van der Waals surface area contributed by atoms with E-state index < -0.39 is 6.17 Å². The Morgan fingerprint density at radius 3 is 2.58 bits per heavy atom. The lowest BCUT2D eigenvalue weighted by Crippen LogP contribution is -2.40. The van der Waals surface area contributed by atoms with Crippen molar-refractivity contribution < 1.29 is 4.76 Å². The predicted octanol–water partition coefficient (Wildman–Crippen LogP) is 1.80. The van der Waals surface area contributed by atoms with E-state index in [1.54, 1.807) is 0 Å². The van der Waals surface area contributed by atoms with Crippen molar-refractivity contribution in [3.8, 4) is 11.1 Å². The van der Waals surface area contributed by atoms with E-state index in [4.69, 9.17) is 11.6 Å². The molecule has 1 atom stereocenters. The number of fused-ring (bicyclic) bond motifs is 3. The maximum absolute atomic E-state index is 12.4. The molecule has 0 spiro atoms. The van der Waals surface area contributed by atoms with Gasteiger partial charge in [-0.25, -0.2) is 4.99 Å². The smallest absolute Gasteiger partial charge is 0.212 e. The van der Waals surface area contributed by atoms with Crippen molar-refractivity contribution >= 4 is 17.3 Å². The molecule has 4 rings (SSSR count). The number of rotatable bonds is 1. The van der Waals surface area contributed by atoms with E-state index in [1.165, 1.54) is 0 Å². The largest absolute Gasteiger partial charge is 0.313 e. The van der Waals surface area contributed by atoms with Crippen molar-refractivity contribution in [1.82, 2.24) is 0 Å². The first-order valence-corrected chi connectivity index (χ1v) is 6.68. The van der Waals surface area contributed by atoms with Crippen LogP contribution in [0.2, 0.25) is 0 Å². The summed E-state index contributed by atoms with van der Waals surface area (Å²) in [6.07, 6.45) is -0.537. The number of hydrogen-bond acceptors (Lipinski definition) is 2. The van der Waals surface area contributed by atoms with Gasteiger partial charge in [0, 0.05) is 4.91 Å². The van der Waals surface area contributed by atoms with E-state index in [9.17, 15) is 4.91 Å². The SMILES string of the molecule is O=[N+]1C2=c3c(cccc3=NC1CCl)-c1ccccc12. The van der Waals surface area contributed by atoms with Crippen molar-refractivity contribution in [1.29, 1.82) is 0 Å². The van der Waals surface area contributed by atoms with E-state index in [0.29, 0.717) is 5.70 Å². The minimum Gasteiger partial charge on any atom is -0.212 e. The number of hydrogen-bond donors (Lipinski definition) is 0. The summed E-state index contributed by atoms with van der Waals surface area (Å²) >= 11 is 5.86. The molecular formula is C15H10ClN2O+. The molecule has 0 saturated heterocycles. The quantitative estimate of drug-likeness (QED) is 0.574. The summed E-state index contributed by atoms with van der Waals surface area (Å²) in [5.74, 6) is 0.193. The summed E-state index contributed by atoms with van der Waals surface area (Å²) in [5, 5.41) is 1.81. The first kappa shape index (κ1) is 10.9. The Hall–Kier alpha value is -2.00. The number of nitrogens with zero attached hydrogens (tertiary/aromatic N) is 2. The van der Waals surface area contributed by atoms with Gasteiger partial charge in [0.15, 0.2) is 0 Å². The topological polar surface area (TPSA) is 32.4 Å². The van der Waals surface area contributed by atoms with Gasteiger partial charge < -0.3 is 0 Å². The van der Waals surface area contributed by atoms with Gasteiger partial charge in [-0.3, -0.25) is 0 Å². The van der Waals surface area contributed by atoms with Gasteiger partial charge in [-0.1, -0.05) is 30.3 Å². The molecule has 4 heteroatoms. The molecule has 0 bridgehead atoms. The highest BCUT2D eigenvalue weighted by Gasteiger charge is 2.39. The van der Waals surface area contributed by atoms with Gasteiger partial charge in [0.1, 0.15) is 5.88 Å². The molecule has 2 aromatic rings. The normalized spacial score (nSPS) is 18.9. The Morgan fingerprint density at radius 2 is 1.79 bits per heavy atom. The molecule has 1 aliphatic heterocycles. The van der Waals surface area contributed by atoms with Gasteiger partial charge in [-0.05, 0) is 23.3 Å². The molecule has 1 unspecified atom stereocenters. The van der Waals surface area contributed by atoms with Crippen molar-refractivity contribution in [3.05, 3.63) is 63.5 Å². The van der Waals surface area contributed by atoms with Gasteiger partial charge in [0.05, 0.1) is 20.9 Å². The molecule has 2 aliphatic rings. The second kappa shape index (κ2) is 3.75. The fourth-order valence-corrected chi connectivity index (χ4v) is 3.06. The molecule has 0 fully saturated rings. The molecule has 0 amide bonds. The minimum absolute atomic E-state index is 0.193. The fourth-order valence-electron chi connectivity index (χ4n) is 2.87. The van der Waals surface area contributed by atoms with Crippen LogP contribution in [0.4, 0.5) is 0 Å². The summed E-state index contributed by atoms with van der Waals surface area (Å²) < 4.78 is 0.949. The number of benzene rings is 2. The molecular weight excluding hydrogens is 260 g/mol. The highest BCUT2D eigenvalue weighted by molar-refractivity contribution is 6.18. The van der Waals surface area contributed by atoms with Crippen molar-refractivity contribution in [2.24, 2.45) is 4.99 Å². The van der Waals surface area contributed by atoms with Crippen molar-refractivity contribution in [3.63, 3.8) is 0 Å². The Balaban J connectivity index is 2.20. The third-order valence-electron chi connectivity index (χ3n) is 3.67. The first-order chi connectivity index (χ1) is 9.31. The van der Waals surface area contributed by atoms with Crippen LogP contribution in [0.15, 0.2) is 47.5 Å². The maximum atomic E-state index is 12.4. The lowest BCUT2D eigenvalue weighted by Gasteiger charge is -2.06. The zero-order valence-corrected chi connectivity index (χ0v) is 10.8. The summed E-state index contributed by atoms with van der Waals surface area (Å²) in [5.41, 5.74) is 3.87. The Labute approximate surface area is 114 Å². The summed E-state index contributed by atoms with van der Waals surface area (Å²) in [4.78, 5) is 16.9. The Kier molecular flexibility index (Phi) is 2.15. The molecule has 0 saturated carbocycles. The molecule has 0 N–H and O–H groups in total. The van der Waals surface area contributed by atoms with Crippen LogP contribution in [0.5, 0.6) is 0 Å². The summed E-state index contributed by atoms with van der Waals surface area (Å²) in [7, 11) is 0. The van der Waals surface area contributed by atoms with E-state index >= 15 is 0 Å². The van der Waals surface area contributed by atoms with Crippen molar-refractivity contribution in [2.75, 3.05) is 5.88 Å². The van der Waals surface area contributed by atoms with E-state index in [0.717, 1.165) is 32.0 Å². The van der Waals surface area contributed by atoms with Crippen molar-refractivity contribution in [2.45, 2.75) is 6.17 Å². The zero-order valence-electron chi connectivity index (χ0n) is 10.0. The van der Waals surface area contributed by atoms with Crippen LogP contribution in [0.3, 0.4) is 0 Å². The second-order valence-electron chi connectivity index (χ2n) is 4.68. The standard InChI is InChI=1S/C15H10ClN2O/c16-8-13-17-12-7-3-6-10-9-4-1-2-5-11(9)15(14(10)12)18(13)19/h1-7,13H,8H2/q+1. The average Bonchev–Trinajstić information content (AvgIpc) is 2.79. The number of alkyl halides is 1. The number of nitroso groups, excluding NO2 is 1. The molecule has 0 aromatic heterocycles. The third-order valence-corrected chi connectivity index (χ3v) is 3.94. The van der Waals surface area contributed by atoms with Gasteiger partial charge in [-0.15, -0.1) is 11.6 Å². The Morgan fingerprint density at radius 1 is 1.05 bits per heavy atom. The highest BCUT2D eigenvalue weighted by Crippen LogP contribution is 2.32. The molecule has 19 heavy (non-hydrogen) atoms. The molecule has 1 heterocycles. The average molecular weight is 270 g/mol. The predicted molar refractivity (Wildman–Crippen MR) is 73.3 cm³/mol. The van der Waals surface area contributed by atoms with E-state index in [2.05, 4.69) is 4.99 Å². The van der Waals surface area contributed by atoms with Crippen LogP contribution in [-0.4, -0.2) is 16.8 Å². The molecule has 2 aromatic carbocycles.